The van der Waals surface area contributed by atoms with Gasteiger partial charge in [-0.05, 0) is 40.2 Å². The maximum absolute atomic E-state index is 12.5. The molecule has 3 rings (SSSR count). The molecule has 0 fully saturated rings. The number of rotatable bonds is 6. The van der Waals surface area contributed by atoms with Crippen LogP contribution in [0.2, 0.25) is 0 Å². The van der Waals surface area contributed by atoms with Crippen molar-refractivity contribution in [2.24, 2.45) is 14.1 Å². The molecule has 0 radical (unpaired) electrons. The van der Waals surface area contributed by atoms with Crippen molar-refractivity contribution < 1.29 is 14.6 Å². The number of nitrogens with zero attached hydrogens (tertiary/aromatic N) is 4. The number of methoxy groups -OCH3 is 1. The maximum atomic E-state index is 12.5. The minimum atomic E-state index is -0.900. The predicted octanol–water partition coefficient (Wildman–Crippen LogP) is 0.645. The number of hydrogen-bond acceptors (Lipinski definition) is 6. The van der Waals surface area contributed by atoms with Gasteiger partial charge in [-0.25, -0.2) is 9.78 Å². The van der Waals surface area contributed by atoms with Gasteiger partial charge in [0.2, 0.25) is 0 Å². The van der Waals surface area contributed by atoms with E-state index in [1.54, 1.807) is 31.4 Å². The van der Waals surface area contributed by atoms with Gasteiger partial charge in [0.25, 0.3) is 5.56 Å². The van der Waals surface area contributed by atoms with Crippen LogP contribution in [0.1, 0.15) is 0 Å². The zero-order valence-electron chi connectivity index (χ0n) is 15.0. The summed E-state index contributed by atoms with van der Waals surface area (Å²) in [6.07, 6.45) is -0.900. The van der Waals surface area contributed by atoms with Crippen molar-refractivity contribution >= 4 is 27.1 Å². The lowest BCUT2D eigenvalue weighted by Crippen LogP contribution is -2.38. The normalized spacial score (nSPS) is 12.3. The zero-order chi connectivity index (χ0) is 19.7. The van der Waals surface area contributed by atoms with E-state index in [1.807, 2.05) is 0 Å². The molecule has 0 aliphatic heterocycles. The number of imidazole rings is 1. The first-order valence-corrected chi connectivity index (χ1v) is 8.89. The summed E-state index contributed by atoms with van der Waals surface area (Å²) in [5, 5.41) is 10.4. The number of ether oxygens (including phenoxy) is 2. The summed E-state index contributed by atoms with van der Waals surface area (Å²) in [4.78, 5) is 28.8. The minimum Gasteiger partial charge on any atom is -0.497 e. The Kier molecular flexibility index (Phi) is 5.38. The summed E-state index contributed by atoms with van der Waals surface area (Å²) in [5.74, 6) is 1.29. The van der Waals surface area contributed by atoms with E-state index >= 15 is 0 Å². The van der Waals surface area contributed by atoms with Crippen LogP contribution in [0.5, 0.6) is 11.5 Å². The Morgan fingerprint density at radius 1 is 1.15 bits per heavy atom. The first-order valence-electron chi connectivity index (χ1n) is 8.10. The van der Waals surface area contributed by atoms with Gasteiger partial charge in [0.05, 0.1) is 13.7 Å². The molecular weight excluding hydrogens is 420 g/mol. The average molecular weight is 439 g/mol. The van der Waals surface area contributed by atoms with E-state index in [0.29, 0.717) is 16.2 Å². The Morgan fingerprint density at radius 3 is 2.41 bits per heavy atom. The largest absolute Gasteiger partial charge is 0.497 e. The zero-order valence-corrected chi connectivity index (χ0v) is 16.6. The molecule has 0 saturated carbocycles. The van der Waals surface area contributed by atoms with Gasteiger partial charge < -0.3 is 19.1 Å². The second-order valence-electron chi connectivity index (χ2n) is 6.01. The molecule has 0 bridgehead atoms. The topological polar surface area (TPSA) is 101 Å². The number of aromatic nitrogens is 4. The fourth-order valence-corrected chi connectivity index (χ4v) is 3.20. The van der Waals surface area contributed by atoms with Crippen molar-refractivity contribution in [3.8, 4) is 11.5 Å². The monoisotopic (exact) mass is 438 g/mol. The van der Waals surface area contributed by atoms with Crippen LogP contribution in [0.15, 0.2) is 38.6 Å². The number of hydrogen-bond donors (Lipinski definition) is 1. The second kappa shape index (κ2) is 7.57. The quantitative estimate of drug-likeness (QED) is 0.566. The van der Waals surface area contributed by atoms with Gasteiger partial charge in [0.15, 0.2) is 15.9 Å². The summed E-state index contributed by atoms with van der Waals surface area (Å²) >= 11 is 3.29. The van der Waals surface area contributed by atoms with Crippen molar-refractivity contribution in [1.29, 1.82) is 0 Å². The Bertz CT molecular complexity index is 1080. The summed E-state index contributed by atoms with van der Waals surface area (Å²) in [5.41, 5.74) is -0.462. The highest BCUT2D eigenvalue weighted by Gasteiger charge is 2.20. The minimum absolute atomic E-state index is 0.0184. The Hall–Kier alpha value is -2.59. The standard InChI is InChI=1S/C17H19BrN4O5/c1-20-14-13(15(24)21(2)17(20)25)22(16(18)19-14)8-10(23)9-27-12-6-4-11(26-3)5-7-12/h4-7,10,23H,8-9H2,1-3H3/t10-/m0/s1. The molecule has 2 aromatic heterocycles. The molecule has 9 nitrogen and oxygen atoms in total. The summed E-state index contributed by atoms with van der Waals surface area (Å²) in [7, 11) is 4.52. The van der Waals surface area contributed by atoms with Crippen LogP contribution in [0.3, 0.4) is 0 Å². The highest BCUT2D eigenvalue weighted by molar-refractivity contribution is 9.10. The molecule has 0 amide bonds. The molecule has 0 spiro atoms. The number of halogens is 1. The smallest absolute Gasteiger partial charge is 0.332 e. The van der Waals surface area contributed by atoms with Crippen LogP contribution in [-0.2, 0) is 20.6 Å². The highest BCUT2D eigenvalue weighted by atomic mass is 79.9. The second-order valence-corrected chi connectivity index (χ2v) is 6.72. The highest BCUT2D eigenvalue weighted by Crippen LogP contribution is 2.19. The van der Waals surface area contributed by atoms with Crippen molar-refractivity contribution in [3.05, 3.63) is 49.8 Å². The van der Waals surface area contributed by atoms with Crippen LogP contribution < -0.4 is 20.7 Å². The predicted molar refractivity (Wildman–Crippen MR) is 102 cm³/mol. The van der Waals surface area contributed by atoms with E-state index in [4.69, 9.17) is 9.47 Å². The number of benzene rings is 1. The molecule has 1 atom stereocenters. The Morgan fingerprint density at radius 2 is 1.78 bits per heavy atom. The van der Waals surface area contributed by atoms with Crippen molar-refractivity contribution in [2.75, 3.05) is 13.7 Å². The Labute approximate surface area is 162 Å². The van der Waals surface area contributed by atoms with E-state index in [0.717, 1.165) is 4.57 Å². The molecule has 27 heavy (non-hydrogen) atoms. The van der Waals surface area contributed by atoms with Crippen LogP contribution in [0.4, 0.5) is 0 Å². The van der Waals surface area contributed by atoms with Gasteiger partial charge in [-0.1, -0.05) is 0 Å². The number of aliphatic hydroxyl groups excluding tert-OH is 1. The fraction of sp³-hybridized carbons (Fsp3) is 0.353. The molecule has 0 aliphatic carbocycles. The third kappa shape index (κ3) is 3.62. The number of aliphatic hydroxyl groups is 1. The molecule has 1 N–H and O–H groups in total. The lowest BCUT2D eigenvalue weighted by molar-refractivity contribution is 0.0928. The molecule has 10 heteroatoms. The molecule has 144 valence electrons. The first-order chi connectivity index (χ1) is 12.8. The van der Waals surface area contributed by atoms with Crippen LogP contribution in [0, 0.1) is 0 Å². The Balaban J connectivity index is 1.82. The van der Waals surface area contributed by atoms with Crippen LogP contribution in [-0.4, -0.2) is 43.6 Å². The van der Waals surface area contributed by atoms with E-state index in [2.05, 4.69) is 20.9 Å². The molecule has 0 unspecified atom stereocenters. The molecule has 1 aromatic carbocycles. The van der Waals surface area contributed by atoms with Gasteiger partial charge in [-0.3, -0.25) is 13.9 Å². The van der Waals surface area contributed by atoms with Crippen molar-refractivity contribution in [1.82, 2.24) is 18.7 Å². The van der Waals surface area contributed by atoms with Crippen molar-refractivity contribution in [3.63, 3.8) is 0 Å². The molecule has 2 heterocycles. The summed E-state index contributed by atoms with van der Waals surface area (Å²) < 4.78 is 14.8. The van der Waals surface area contributed by atoms with Gasteiger partial charge in [0, 0.05) is 14.1 Å². The first kappa shape index (κ1) is 19.2. The van der Waals surface area contributed by atoms with E-state index in [9.17, 15) is 14.7 Å². The maximum Gasteiger partial charge on any atom is 0.332 e. The molecule has 3 aromatic rings. The third-order valence-corrected chi connectivity index (χ3v) is 4.80. The van der Waals surface area contributed by atoms with E-state index in [1.165, 1.54) is 23.2 Å². The third-order valence-electron chi connectivity index (χ3n) is 4.20. The molecule has 0 aliphatic rings. The van der Waals surface area contributed by atoms with Gasteiger partial charge in [-0.15, -0.1) is 0 Å². The average Bonchev–Trinajstić information content (AvgIpc) is 2.99. The van der Waals surface area contributed by atoms with Gasteiger partial charge in [0.1, 0.15) is 24.2 Å². The van der Waals surface area contributed by atoms with E-state index in [-0.39, 0.29) is 24.3 Å². The van der Waals surface area contributed by atoms with Crippen LogP contribution >= 0.6 is 15.9 Å². The fourth-order valence-electron chi connectivity index (χ4n) is 2.71. The number of aryl methyl sites for hydroxylation is 1. The van der Waals surface area contributed by atoms with Gasteiger partial charge >= 0.3 is 5.69 Å². The lowest BCUT2D eigenvalue weighted by atomic mass is 10.3. The summed E-state index contributed by atoms with van der Waals surface area (Å²) in [6.45, 7) is 0.0885. The molecular formula is C17H19BrN4O5. The number of fused-ring (bicyclic) bond motifs is 1. The SMILES string of the molecule is COc1ccc(OC[C@@H](O)Cn2c(Br)nc3c2c(=O)n(C)c(=O)n3C)cc1. The molecule has 0 saturated heterocycles. The van der Waals surface area contributed by atoms with Crippen molar-refractivity contribution in [2.45, 2.75) is 12.6 Å². The lowest BCUT2D eigenvalue weighted by Gasteiger charge is -2.14. The van der Waals surface area contributed by atoms with Crippen LogP contribution in [0.25, 0.3) is 11.2 Å². The van der Waals surface area contributed by atoms with Gasteiger partial charge in [-0.2, -0.15) is 0 Å². The summed E-state index contributed by atoms with van der Waals surface area (Å²) in [6, 6.07) is 6.98. The van der Waals surface area contributed by atoms with E-state index < -0.39 is 17.4 Å².